The Morgan fingerprint density at radius 1 is 0.261 bits per heavy atom. The molecule has 0 rings (SSSR count). The van der Waals surface area contributed by atoms with Crippen LogP contribution < -0.4 is 0 Å². The number of aliphatic hydroxyl groups is 1. The topological polar surface area (TPSA) is 237 Å². The Labute approximate surface area is 562 Å². The molecule has 546 valence electrons. The Balaban J connectivity index is 5.24. The first-order chi connectivity index (χ1) is 44.7. The van der Waals surface area contributed by atoms with Crippen LogP contribution in [-0.2, 0) is 65.4 Å². The fraction of sp³-hybridized carbons (Fsp3) is 0.945. The van der Waals surface area contributed by atoms with Crippen molar-refractivity contribution in [3.8, 4) is 0 Å². The highest BCUT2D eigenvalue weighted by molar-refractivity contribution is 7.47. The number of phosphoric ester groups is 2. The number of aliphatic hydroxyl groups excluding tert-OH is 1. The van der Waals surface area contributed by atoms with Crippen molar-refractivity contribution in [2.24, 2.45) is 0 Å². The number of phosphoric acid groups is 2. The highest BCUT2D eigenvalue weighted by Crippen LogP contribution is 2.45. The summed E-state index contributed by atoms with van der Waals surface area (Å²) < 4.78 is 68.4. The molecule has 0 aromatic rings. The zero-order chi connectivity index (χ0) is 67.5. The van der Waals surface area contributed by atoms with Crippen LogP contribution in [0, 0.1) is 0 Å². The van der Waals surface area contributed by atoms with E-state index >= 15 is 0 Å². The van der Waals surface area contributed by atoms with E-state index in [4.69, 9.17) is 37.0 Å². The number of hydrogen-bond donors (Lipinski definition) is 3. The first kappa shape index (κ1) is 90.1. The van der Waals surface area contributed by atoms with Crippen molar-refractivity contribution in [2.45, 2.75) is 406 Å². The van der Waals surface area contributed by atoms with Gasteiger partial charge < -0.3 is 33.8 Å². The van der Waals surface area contributed by atoms with Crippen LogP contribution in [0.2, 0.25) is 0 Å². The fourth-order valence-electron chi connectivity index (χ4n) is 11.2. The molecule has 5 atom stereocenters. The van der Waals surface area contributed by atoms with Crippen molar-refractivity contribution in [2.75, 3.05) is 39.6 Å². The van der Waals surface area contributed by atoms with Crippen molar-refractivity contribution in [1.29, 1.82) is 0 Å². The summed E-state index contributed by atoms with van der Waals surface area (Å²) in [5.41, 5.74) is 0. The van der Waals surface area contributed by atoms with Crippen LogP contribution in [0.3, 0.4) is 0 Å². The average Bonchev–Trinajstić information content (AvgIpc) is 3.55. The van der Waals surface area contributed by atoms with E-state index in [0.717, 1.165) is 89.9 Å². The Kier molecular flexibility index (Phi) is 66.2. The van der Waals surface area contributed by atoms with E-state index in [0.29, 0.717) is 25.7 Å². The number of carbonyl (C=O) groups excluding carboxylic acids is 4. The molecule has 0 aromatic heterocycles. The van der Waals surface area contributed by atoms with E-state index in [2.05, 4.69) is 27.7 Å². The van der Waals surface area contributed by atoms with Crippen molar-refractivity contribution in [3.63, 3.8) is 0 Å². The molecule has 0 saturated heterocycles. The second kappa shape index (κ2) is 67.6. The first-order valence-electron chi connectivity index (χ1n) is 38.3. The van der Waals surface area contributed by atoms with Crippen molar-refractivity contribution in [3.05, 3.63) is 0 Å². The van der Waals surface area contributed by atoms with Gasteiger partial charge in [0.15, 0.2) is 12.2 Å². The van der Waals surface area contributed by atoms with Crippen LogP contribution in [0.4, 0.5) is 0 Å². The minimum Gasteiger partial charge on any atom is -0.462 e. The molecule has 0 saturated carbocycles. The number of rotatable bonds is 74. The Morgan fingerprint density at radius 3 is 0.641 bits per heavy atom. The van der Waals surface area contributed by atoms with Crippen molar-refractivity contribution < 1.29 is 80.2 Å². The van der Waals surface area contributed by atoms with Crippen LogP contribution in [0.5, 0.6) is 0 Å². The van der Waals surface area contributed by atoms with E-state index in [9.17, 15) is 43.2 Å². The van der Waals surface area contributed by atoms with Gasteiger partial charge in [-0.15, -0.1) is 0 Å². The quantitative estimate of drug-likeness (QED) is 0.0222. The van der Waals surface area contributed by atoms with E-state index in [-0.39, 0.29) is 25.7 Å². The second-order valence-electron chi connectivity index (χ2n) is 26.3. The van der Waals surface area contributed by atoms with E-state index in [1.165, 1.54) is 218 Å². The fourth-order valence-corrected chi connectivity index (χ4v) is 12.8. The number of esters is 4. The lowest BCUT2D eigenvalue weighted by atomic mass is 10.0. The third-order valence-electron chi connectivity index (χ3n) is 17.1. The first-order valence-corrected chi connectivity index (χ1v) is 41.3. The van der Waals surface area contributed by atoms with Gasteiger partial charge in [0.25, 0.3) is 0 Å². The van der Waals surface area contributed by atoms with Gasteiger partial charge in [-0.25, -0.2) is 9.13 Å². The molecule has 0 bridgehead atoms. The van der Waals surface area contributed by atoms with Crippen LogP contribution in [0.15, 0.2) is 0 Å². The maximum Gasteiger partial charge on any atom is 0.472 e. The molecule has 0 fully saturated rings. The molecule has 0 aromatic carbocycles. The maximum absolute atomic E-state index is 13.0. The molecule has 3 N–H and O–H groups in total. The van der Waals surface area contributed by atoms with Crippen LogP contribution in [0.25, 0.3) is 0 Å². The Morgan fingerprint density at radius 2 is 0.435 bits per heavy atom. The molecular weight excluding hydrogens is 1210 g/mol. The lowest BCUT2D eigenvalue weighted by molar-refractivity contribution is -0.161. The number of hydrogen-bond acceptors (Lipinski definition) is 15. The average molecular weight is 1350 g/mol. The van der Waals surface area contributed by atoms with Gasteiger partial charge in [-0.2, -0.15) is 0 Å². The van der Waals surface area contributed by atoms with Crippen molar-refractivity contribution in [1.82, 2.24) is 0 Å². The molecule has 92 heavy (non-hydrogen) atoms. The molecular formula is C73H142O17P2. The van der Waals surface area contributed by atoms with Crippen LogP contribution in [-0.4, -0.2) is 96.7 Å². The summed E-state index contributed by atoms with van der Waals surface area (Å²) in [6.45, 7) is 4.97. The van der Waals surface area contributed by atoms with Gasteiger partial charge in [-0.1, -0.05) is 336 Å². The van der Waals surface area contributed by atoms with Gasteiger partial charge >= 0.3 is 39.5 Å². The minimum absolute atomic E-state index is 0.109. The summed E-state index contributed by atoms with van der Waals surface area (Å²) in [6.07, 6.45) is 56.6. The van der Waals surface area contributed by atoms with Gasteiger partial charge in [0.2, 0.25) is 0 Å². The molecule has 19 heteroatoms. The van der Waals surface area contributed by atoms with E-state index in [1.54, 1.807) is 0 Å². The maximum atomic E-state index is 13.0. The summed E-state index contributed by atoms with van der Waals surface area (Å²) in [6, 6.07) is 0. The zero-order valence-corrected chi connectivity index (χ0v) is 61.3. The number of unbranched alkanes of at least 4 members (excludes halogenated alkanes) is 48. The smallest absolute Gasteiger partial charge is 0.462 e. The Hall–Kier alpha value is -1.94. The monoisotopic (exact) mass is 1350 g/mol. The predicted molar refractivity (Wildman–Crippen MR) is 372 cm³/mol. The molecule has 0 aliphatic carbocycles. The molecule has 0 spiro atoms. The predicted octanol–water partition coefficient (Wildman–Crippen LogP) is 21.4. The Bertz CT molecular complexity index is 1760. The minimum atomic E-state index is -4.95. The summed E-state index contributed by atoms with van der Waals surface area (Å²) in [5, 5.41) is 10.6. The SMILES string of the molecule is CCCCCCCCCCCCCCCCC(=O)OC[C@H](COP(=O)(O)OC[C@@H](O)COP(=O)(O)OC[C@@H](COC(=O)CCCCCCCCCCCC)OC(=O)CCCCCCCCCCCCCCCC)OC(=O)CCCCCCCCCCCCCCCC. The standard InChI is InChI=1S/C73H142O17P2/c1-5-9-13-17-21-25-29-32-35-38-42-46-50-54-58-71(76)84-64-69(90-73(78)60-56-52-48-44-40-37-34-31-27-23-19-15-11-7-3)66-88-92(81,82)86-62-67(74)61-85-91(79,80)87-65-68(63-83-70(75)57-53-49-45-41-28-24-20-16-12-8-4)89-72(77)59-55-51-47-43-39-36-33-30-26-22-18-14-10-6-2/h67-69,74H,5-66H2,1-4H3,(H,79,80)(H,81,82)/t67-,68+,69+/m0/s1. The number of ether oxygens (including phenoxy) is 4. The molecule has 2 unspecified atom stereocenters. The lowest BCUT2D eigenvalue weighted by Crippen LogP contribution is -2.30. The summed E-state index contributed by atoms with van der Waals surface area (Å²) in [4.78, 5) is 72.7. The molecule has 0 radical (unpaired) electrons. The van der Waals surface area contributed by atoms with Gasteiger partial charge in [0.05, 0.1) is 26.4 Å². The zero-order valence-electron chi connectivity index (χ0n) is 59.5. The molecule has 17 nitrogen and oxygen atoms in total. The van der Waals surface area contributed by atoms with E-state index < -0.39 is 97.5 Å². The lowest BCUT2D eigenvalue weighted by Gasteiger charge is -2.21. The largest absolute Gasteiger partial charge is 0.472 e. The summed E-state index contributed by atoms with van der Waals surface area (Å²) >= 11 is 0. The molecule has 0 amide bonds. The normalized spacial score (nSPS) is 13.9. The van der Waals surface area contributed by atoms with Crippen LogP contribution >= 0.6 is 15.6 Å². The third kappa shape index (κ3) is 66.7. The molecule has 0 aliphatic heterocycles. The van der Waals surface area contributed by atoms with Crippen LogP contribution in [0.1, 0.15) is 387 Å². The van der Waals surface area contributed by atoms with Gasteiger partial charge in [-0.3, -0.25) is 37.3 Å². The molecule has 0 heterocycles. The second-order valence-corrected chi connectivity index (χ2v) is 29.2. The third-order valence-corrected chi connectivity index (χ3v) is 19.0. The highest BCUT2D eigenvalue weighted by atomic mass is 31.2. The molecule has 0 aliphatic rings. The summed E-state index contributed by atoms with van der Waals surface area (Å²) in [5.74, 6) is -2.11. The van der Waals surface area contributed by atoms with E-state index in [1.807, 2.05) is 0 Å². The highest BCUT2D eigenvalue weighted by Gasteiger charge is 2.30. The number of carbonyl (C=O) groups is 4. The summed E-state index contributed by atoms with van der Waals surface area (Å²) in [7, 11) is -9.90. The van der Waals surface area contributed by atoms with Gasteiger partial charge in [-0.05, 0) is 25.7 Å². The van der Waals surface area contributed by atoms with Crippen molar-refractivity contribution >= 4 is 39.5 Å². The van der Waals surface area contributed by atoms with Gasteiger partial charge in [0.1, 0.15) is 19.3 Å². The van der Waals surface area contributed by atoms with Gasteiger partial charge in [0, 0.05) is 25.7 Å².